The van der Waals surface area contributed by atoms with Gasteiger partial charge in [0, 0.05) is 6.42 Å². The van der Waals surface area contributed by atoms with E-state index in [1.165, 1.54) is 64.2 Å². The average molecular weight is 453 g/mol. The Labute approximate surface area is 200 Å². The Morgan fingerprint density at radius 3 is 1.82 bits per heavy atom. The van der Waals surface area contributed by atoms with Crippen molar-refractivity contribution in [1.29, 1.82) is 0 Å². The molecule has 0 spiro atoms. The van der Waals surface area contributed by atoms with Crippen LogP contribution in [0.5, 0.6) is 0 Å². The molecule has 0 atom stereocenters. The number of alkyl halides is 1. The molecule has 0 saturated heterocycles. The molecule has 2 fully saturated rings. The minimum absolute atomic E-state index is 0.0853. The third-order valence-electron chi connectivity index (χ3n) is 8.69. The quantitative estimate of drug-likeness (QED) is 0.355. The number of rotatable bonds is 9. The van der Waals surface area contributed by atoms with E-state index in [0.29, 0.717) is 6.42 Å². The van der Waals surface area contributed by atoms with E-state index in [0.717, 1.165) is 58.8 Å². The molecule has 0 N–H and O–H groups in total. The van der Waals surface area contributed by atoms with Gasteiger partial charge in [-0.1, -0.05) is 81.8 Å². The van der Waals surface area contributed by atoms with Crippen molar-refractivity contribution in [2.75, 3.05) is 6.67 Å². The first kappa shape index (κ1) is 24.4. The van der Waals surface area contributed by atoms with E-state index in [1.54, 1.807) is 6.07 Å². The lowest BCUT2D eigenvalue weighted by Crippen LogP contribution is -2.26. The van der Waals surface area contributed by atoms with Crippen molar-refractivity contribution in [3.05, 3.63) is 59.4 Å². The molecule has 0 bridgehead atoms. The first-order valence-corrected chi connectivity index (χ1v) is 13.6. The molecule has 33 heavy (non-hydrogen) atoms. The predicted octanol–water partition coefficient (Wildman–Crippen LogP) is 9.35. The summed E-state index contributed by atoms with van der Waals surface area (Å²) in [6.07, 6.45) is 16.5. The SMILES string of the molecule is CCC[C@H]1CC[C@H](C2CCC(CCc3ccc(-c4ccc(CCF)cc4)cc3F)CC2)CC1. The molecular weight excluding hydrogens is 410 g/mol. The van der Waals surface area contributed by atoms with Gasteiger partial charge in [0.1, 0.15) is 5.82 Å². The van der Waals surface area contributed by atoms with E-state index >= 15 is 0 Å². The van der Waals surface area contributed by atoms with Crippen molar-refractivity contribution in [1.82, 2.24) is 0 Å². The smallest absolute Gasteiger partial charge is 0.127 e. The highest BCUT2D eigenvalue weighted by atomic mass is 19.1. The van der Waals surface area contributed by atoms with E-state index in [1.807, 2.05) is 36.4 Å². The Kier molecular flexibility index (Phi) is 8.98. The van der Waals surface area contributed by atoms with Crippen molar-refractivity contribution in [3.8, 4) is 11.1 Å². The Morgan fingerprint density at radius 1 is 0.697 bits per heavy atom. The lowest BCUT2D eigenvalue weighted by Gasteiger charge is -2.38. The third-order valence-corrected chi connectivity index (χ3v) is 8.69. The molecule has 0 heterocycles. The van der Waals surface area contributed by atoms with Gasteiger partial charge in [0.25, 0.3) is 0 Å². The first-order chi connectivity index (χ1) is 16.2. The van der Waals surface area contributed by atoms with E-state index in [4.69, 9.17) is 0 Å². The minimum atomic E-state index is -0.343. The van der Waals surface area contributed by atoms with Crippen LogP contribution in [-0.4, -0.2) is 6.67 Å². The van der Waals surface area contributed by atoms with Crippen LogP contribution in [0.2, 0.25) is 0 Å². The van der Waals surface area contributed by atoms with Gasteiger partial charge >= 0.3 is 0 Å². The first-order valence-electron chi connectivity index (χ1n) is 13.6. The van der Waals surface area contributed by atoms with Crippen LogP contribution in [0.15, 0.2) is 42.5 Å². The van der Waals surface area contributed by atoms with E-state index in [-0.39, 0.29) is 12.5 Å². The molecule has 180 valence electrons. The van der Waals surface area contributed by atoms with Crippen molar-refractivity contribution < 1.29 is 8.78 Å². The van der Waals surface area contributed by atoms with Gasteiger partial charge in [0.2, 0.25) is 0 Å². The van der Waals surface area contributed by atoms with Crippen LogP contribution in [0.3, 0.4) is 0 Å². The largest absolute Gasteiger partial charge is 0.251 e. The van der Waals surface area contributed by atoms with E-state index < -0.39 is 0 Å². The van der Waals surface area contributed by atoms with Gasteiger partial charge in [0.05, 0.1) is 6.67 Å². The summed E-state index contributed by atoms with van der Waals surface area (Å²) in [7, 11) is 0. The van der Waals surface area contributed by atoms with Gasteiger partial charge in [-0.05, 0) is 90.5 Å². The van der Waals surface area contributed by atoms with Gasteiger partial charge in [0.15, 0.2) is 0 Å². The minimum Gasteiger partial charge on any atom is -0.251 e. The van der Waals surface area contributed by atoms with Crippen molar-refractivity contribution in [2.45, 2.75) is 90.4 Å². The maximum atomic E-state index is 14.8. The zero-order valence-electron chi connectivity index (χ0n) is 20.5. The van der Waals surface area contributed by atoms with Gasteiger partial charge < -0.3 is 0 Å². The second kappa shape index (κ2) is 12.1. The summed E-state index contributed by atoms with van der Waals surface area (Å²) in [4.78, 5) is 0. The molecule has 2 aromatic rings. The molecule has 2 heteroatoms. The van der Waals surface area contributed by atoms with Crippen LogP contribution in [0.1, 0.15) is 88.7 Å². The maximum Gasteiger partial charge on any atom is 0.127 e. The van der Waals surface area contributed by atoms with Crippen molar-refractivity contribution >= 4 is 0 Å². The van der Waals surface area contributed by atoms with Crippen LogP contribution >= 0.6 is 0 Å². The molecule has 0 nitrogen and oxygen atoms in total. The van der Waals surface area contributed by atoms with E-state index in [2.05, 4.69) is 6.92 Å². The molecule has 0 aromatic heterocycles. The summed E-state index contributed by atoms with van der Waals surface area (Å²) in [5.41, 5.74) is 3.73. The zero-order chi connectivity index (χ0) is 23.0. The Morgan fingerprint density at radius 2 is 1.27 bits per heavy atom. The van der Waals surface area contributed by atoms with Crippen LogP contribution < -0.4 is 0 Å². The standard InChI is InChI=1S/C31H42F2/c1-2-3-23-4-11-26(12-5-23)27-13-6-24(7-14-27)10-17-29-18-19-30(22-31(29)33)28-15-8-25(9-16-28)20-21-32/h8-9,15-16,18-19,22-24,26-27H,2-7,10-14,17,20-21H2,1H3/t23-,24?,26-,27?. The Hall–Kier alpha value is -1.70. The van der Waals surface area contributed by atoms with Crippen molar-refractivity contribution in [3.63, 3.8) is 0 Å². The zero-order valence-corrected chi connectivity index (χ0v) is 20.5. The number of aryl methyl sites for hydroxylation is 2. The summed E-state index contributed by atoms with van der Waals surface area (Å²) in [6.45, 7) is 1.98. The number of hydrogen-bond acceptors (Lipinski definition) is 0. The summed E-state index contributed by atoms with van der Waals surface area (Å²) < 4.78 is 27.3. The molecule has 4 rings (SSSR count). The Bertz CT molecular complexity index is 840. The monoisotopic (exact) mass is 452 g/mol. The third kappa shape index (κ3) is 6.67. The fourth-order valence-corrected chi connectivity index (χ4v) is 6.57. The van der Waals surface area contributed by atoms with Gasteiger partial charge in [-0.25, -0.2) is 4.39 Å². The summed E-state index contributed by atoms with van der Waals surface area (Å²) in [6, 6.07) is 13.5. The second-order valence-electron chi connectivity index (χ2n) is 10.8. The highest BCUT2D eigenvalue weighted by molar-refractivity contribution is 5.64. The second-order valence-corrected chi connectivity index (χ2v) is 10.8. The molecule has 0 aliphatic heterocycles. The predicted molar refractivity (Wildman–Crippen MR) is 136 cm³/mol. The van der Waals surface area contributed by atoms with Gasteiger partial charge in [-0.2, -0.15) is 0 Å². The average Bonchev–Trinajstić information content (AvgIpc) is 2.85. The molecule has 2 saturated carbocycles. The van der Waals surface area contributed by atoms with Crippen LogP contribution in [0.25, 0.3) is 11.1 Å². The molecule has 0 unspecified atom stereocenters. The van der Waals surface area contributed by atoms with Crippen LogP contribution in [0, 0.1) is 29.5 Å². The maximum absolute atomic E-state index is 14.8. The Balaban J connectivity index is 1.23. The number of halogens is 2. The summed E-state index contributed by atoms with van der Waals surface area (Å²) in [5, 5.41) is 0. The normalized spacial score (nSPS) is 25.8. The van der Waals surface area contributed by atoms with Crippen molar-refractivity contribution in [2.24, 2.45) is 23.7 Å². The molecule has 2 aliphatic rings. The topological polar surface area (TPSA) is 0 Å². The molecule has 2 aromatic carbocycles. The lowest BCUT2D eigenvalue weighted by atomic mass is 9.68. The summed E-state index contributed by atoms with van der Waals surface area (Å²) >= 11 is 0. The van der Waals surface area contributed by atoms with E-state index in [9.17, 15) is 8.78 Å². The highest BCUT2D eigenvalue weighted by Crippen LogP contribution is 2.43. The molecule has 2 aliphatic carbocycles. The fourth-order valence-electron chi connectivity index (χ4n) is 6.57. The molecular formula is C31H42F2. The lowest BCUT2D eigenvalue weighted by molar-refractivity contribution is 0.141. The molecule has 0 amide bonds. The van der Waals surface area contributed by atoms with Crippen LogP contribution in [0.4, 0.5) is 8.78 Å². The number of hydrogen-bond donors (Lipinski definition) is 0. The van der Waals surface area contributed by atoms with Gasteiger partial charge in [-0.3, -0.25) is 4.39 Å². The molecule has 0 radical (unpaired) electrons. The summed E-state index contributed by atoms with van der Waals surface area (Å²) in [5.74, 6) is 3.62. The number of benzene rings is 2. The van der Waals surface area contributed by atoms with Gasteiger partial charge in [-0.15, -0.1) is 0 Å². The van der Waals surface area contributed by atoms with Crippen LogP contribution in [-0.2, 0) is 12.8 Å². The highest BCUT2D eigenvalue weighted by Gasteiger charge is 2.30. The fraction of sp³-hybridized carbons (Fsp3) is 0.613.